The molecule has 0 spiro atoms. The number of hydrogen-bond donors (Lipinski definition) is 4. The Bertz CT molecular complexity index is 1230. The molecule has 1 fully saturated rings. The average molecular weight is 503 g/mol. The number of nitrogens with zero attached hydrogens (tertiary/aromatic N) is 2. The third-order valence-corrected chi connectivity index (χ3v) is 6.63. The van der Waals surface area contributed by atoms with Crippen LogP contribution in [0.15, 0.2) is 53.6 Å². The Morgan fingerprint density at radius 1 is 1.32 bits per heavy atom. The largest absolute Gasteiger partial charge is 0.394 e. The molecule has 4 rings (SSSR count). The molecule has 1 aliphatic rings. The van der Waals surface area contributed by atoms with Crippen LogP contribution in [0.2, 0.25) is 10.0 Å². The maximum atomic E-state index is 13.3. The smallest absolute Gasteiger partial charge is 0.270 e. The zero-order valence-electron chi connectivity index (χ0n) is 18.4. The number of aliphatic hydroxyl groups is 1. The summed E-state index contributed by atoms with van der Waals surface area (Å²) in [5.74, 6) is 0.661. The van der Waals surface area contributed by atoms with Crippen LogP contribution in [0.5, 0.6) is 0 Å². The molecule has 2 unspecified atom stereocenters. The number of ether oxygens (including phenoxy) is 1. The van der Waals surface area contributed by atoms with E-state index < -0.39 is 0 Å². The minimum atomic E-state index is -0.371. The van der Waals surface area contributed by atoms with Gasteiger partial charge >= 0.3 is 0 Å². The Morgan fingerprint density at radius 3 is 2.85 bits per heavy atom. The molecule has 0 bridgehead atoms. The molecule has 3 aromatic rings. The molecule has 34 heavy (non-hydrogen) atoms. The highest BCUT2D eigenvalue weighted by Crippen LogP contribution is 2.25. The van der Waals surface area contributed by atoms with Gasteiger partial charge in [-0.15, -0.1) is 0 Å². The summed E-state index contributed by atoms with van der Waals surface area (Å²) in [6.45, 7) is 1.71. The lowest BCUT2D eigenvalue weighted by Gasteiger charge is -2.22. The molecule has 5 N–H and O–H groups in total. The Kier molecular flexibility index (Phi) is 7.97. The highest BCUT2D eigenvalue weighted by molar-refractivity contribution is 6.32. The van der Waals surface area contributed by atoms with Gasteiger partial charge in [0.2, 0.25) is 0 Å². The monoisotopic (exact) mass is 502 g/mol. The zero-order valence-corrected chi connectivity index (χ0v) is 19.9. The first-order chi connectivity index (χ1) is 16.5. The van der Waals surface area contributed by atoms with Gasteiger partial charge in [-0.3, -0.25) is 9.36 Å². The number of halogens is 2. The number of nitrogens with two attached hydrogens (primary N) is 1. The van der Waals surface area contributed by atoms with Crippen LogP contribution < -0.4 is 16.2 Å². The normalized spacial score (nSPS) is 16.4. The Labute approximate surface area is 207 Å². The van der Waals surface area contributed by atoms with E-state index in [0.29, 0.717) is 47.0 Å². The number of rotatable bonds is 9. The number of quaternary nitrogens is 1. The quantitative estimate of drug-likeness (QED) is 0.335. The van der Waals surface area contributed by atoms with Crippen LogP contribution in [-0.2, 0) is 11.3 Å². The third kappa shape index (κ3) is 5.32. The standard InChI is InChI=1S/C24H25Cl2N5O3/c25-18-4-2-1-3-15(18)11-28-20-5-7-31(24(33)17(20)10-27)22-9-23(29-12-19(22)26)30-21(13-32)16-6-8-34-14-16/h1-5,7,9-10,12,16,21,27-28,32H,6,8,11,13-14H2,(H,29,30)/p+1. The van der Waals surface area contributed by atoms with Gasteiger partial charge < -0.3 is 25.9 Å². The van der Waals surface area contributed by atoms with Crippen molar-refractivity contribution in [2.75, 3.05) is 25.1 Å². The second-order valence-corrected chi connectivity index (χ2v) is 8.90. The summed E-state index contributed by atoms with van der Waals surface area (Å²) in [6, 6.07) is 10.7. The number of aromatic nitrogens is 2. The number of aliphatic hydroxyl groups excluding tert-OH is 1. The maximum absolute atomic E-state index is 13.3. The molecule has 8 nitrogen and oxygen atoms in total. The lowest BCUT2D eigenvalue weighted by Crippen LogP contribution is -2.77. The van der Waals surface area contributed by atoms with Gasteiger partial charge in [-0.2, -0.15) is 0 Å². The highest BCUT2D eigenvalue weighted by atomic mass is 35.5. The van der Waals surface area contributed by atoms with Crippen molar-refractivity contribution in [2.45, 2.75) is 19.0 Å². The van der Waals surface area contributed by atoms with Gasteiger partial charge in [0.1, 0.15) is 23.6 Å². The van der Waals surface area contributed by atoms with E-state index in [1.807, 2.05) is 29.6 Å². The molecule has 1 saturated heterocycles. The molecular formula is C24H26Cl2N5O3+. The fourth-order valence-corrected chi connectivity index (χ4v) is 4.43. The van der Waals surface area contributed by atoms with E-state index in [9.17, 15) is 9.90 Å². The summed E-state index contributed by atoms with van der Waals surface area (Å²) in [6.07, 6.45) is 5.00. The molecular weight excluding hydrogens is 477 g/mol. The minimum absolute atomic E-state index is 0.0679. The third-order valence-electron chi connectivity index (χ3n) is 5.97. The Morgan fingerprint density at radius 2 is 2.15 bits per heavy atom. The predicted octanol–water partition coefficient (Wildman–Crippen LogP) is 2.74. The van der Waals surface area contributed by atoms with Crippen molar-refractivity contribution in [3.8, 4) is 5.69 Å². The van der Waals surface area contributed by atoms with Crippen LogP contribution in [0.3, 0.4) is 0 Å². The van der Waals surface area contributed by atoms with E-state index in [2.05, 4.69) is 10.3 Å². The first kappa shape index (κ1) is 24.4. The topological polar surface area (TPSA) is 117 Å². The summed E-state index contributed by atoms with van der Waals surface area (Å²) in [5.41, 5.74) is 1.88. The van der Waals surface area contributed by atoms with Crippen molar-refractivity contribution >= 4 is 40.9 Å². The van der Waals surface area contributed by atoms with Crippen molar-refractivity contribution in [2.24, 2.45) is 5.92 Å². The summed E-state index contributed by atoms with van der Waals surface area (Å²) in [4.78, 5) is 17.6. The van der Waals surface area contributed by atoms with Gasteiger partial charge in [0, 0.05) is 47.7 Å². The van der Waals surface area contributed by atoms with Crippen LogP contribution in [0.4, 0.5) is 11.5 Å². The summed E-state index contributed by atoms with van der Waals surface area (Å²) in [5, 5.41) is 23.7. The van der Waals surface area contributed by atoms with Crippen molar-refractivity contribution in [3.05, 3.63) is 80.3 Å². The second kappa shape index (κ2) is 11.1. The van der Waals surface area contributed by atoms with Crippen LogP contribution in [-0.4, -0.2) is 46.7 Å². The van der Waals surface area contributed by atoms with E-state index in [1.54, 1.807) is 18.3 Å². The number of nitrogens with one attached hydrogen (secondary N) is 2. The van der Waals surface area contributed by atoms with E-state index in [4.69, 9.17) is 33.3 Å². The number of benzene rings is 1. The van der Waals surface area contributed by atoms with E-state index >= 15 is 0 Å². The Hall–Kier alpha value is -2.75. The molecule has 178 valence electrons. The second-order valence-electron chi connectivity index (χ2n) is 8.08. The van der Waals surface area contributed by atoms with Gasteiger partial charge in [0.05, 0.1) is 36.2 Å². The molecule has 0 amide bonds. The van der Waals surface area contributed by atoms with Gasteiger partial charge in [-0.25, -0.2) is 4.98 Å². The van der Waals surface area contributed by atoms with E-state index in [-0.39, 0.29) is 29.7 Å². The maximum Gasteiger partial charge on any atom is 0.270 e. The first-order valence-electron chi connectivity index (χ1n) is 11.0. The summed E-state index contributed by atoms with van der Waals surface area (Å²) < 4.78 is 6.83. The van der Waals surface area contributed by atoms with Crippen LogP contribution >= 0.6 is 23.2 Å². The van der Waals surface area contributed by atoms with Gasteiger partial charge in [-0.1, -0.05) is 41.4 Å². The fraction of sp³-hybridized carbons (Fsp3) is 0.292. The van der Waals surface area contributed by atoms with Gasteiger partial charge in [0.15, 0.2) is 0 Å². The van der Waals surface area contributed by atoms with E-state index in [1.165, 1.54) is 10.8 Å². The van der Waals surface area contributed by atoms with Crippen LogP contribution in [0, 0.1) is 11.3 Å². The Balaban J connectivity index is 1.61. The van der Waals surface area contributed by atoms with Crippen LogP contribution in [0.25, 0.3) is 5.69 Å². The molecule has 10 heteroatoms. The fourth-order valence-electron chi connectivity index (χ4n) is 4.03. The summed E-state index contributed by atoms with van der Waals surface area (Å²) >= 11 is 12.6. The van der Waals surface area contributed by atoms with Crippen molar-refractivity contribution < 1.29 is 15.2 Å². The molecule has 2 aromatic heterocycles. The van der Waals surface area contributed by atoms with Crippen molar-refractivity contribution in [1.29, 1.82) is 5.41 Å². The van der Waals surface area contributed by atoms with Gasteiger partial charge in [-0.05, 0) is 12.5 Å². The lowest BCUT2D eigenvalue weighted by atomic mass is 10.00. The molecule has 0 saturated carbocycles. The molecule has 1 aliphatic heterocycles. The minimum Gasteiger partial charge on any atom is -0.394 e. The highest BCUT2D eigenvalue weighted by Gasteiger charge is 2.26. The summed E-state index contributed by atoms with van der Waals surface area (Å²) in [7, 11) is 0. The van der Waals surface area contributed by atoms with Crippen molar-refractivity contribution in [1.82, 2.24) is 9.55 Å². The first-order valence-corrected chi connectivity index (χ1v) is 11.7. The molecule has 1 aromatic carbocycles. The zero-order chi connectivity index (χ0) is 24.1. The van der Waals surface area contributed by atoms with Crippen molar-refractivity contribution in [3.63, 3.8) is 0 Å². The molecule has 0 radical (unpaired) electrons. The predicted molar refractivity (Wildman–Crippen MR) is 133 cm³/mol. The average Bonchev–Trinajstić information content (AvgIpc) is 3.38. The molecule has 2 atom stereocenters. The number of anilines is 1. The number of hydrogen-bond acceptors (Lipinski definition) is 6. The molecule has 3 heterocycles. The lowest BCUT2D eigenvalue weighted by molar-refractivity contribution is -0.588. The van der Waals surface area contributed by atoms with E-state index in [0.717, 1.165) is 18.2 Å². The SMILES string of the molecule is N=Cc1c([NH2+]Cc2ccccc2Cl)ccn(-c2cc(NC(CO)C3CCOC3)ncc2Cl)c1=O. The van der Waals surface area contributed by atoms with Crippen LogP contribution in [0.1, 0.15) is 17.5 Å². The van der Waals surface area contributed by atoms with Gasteiger partial charge in [0.25, 0.3) is 5.56 Å². The number of pyridine rings is 2. The molecule has 0 aliphatic carbocycles.